The molecular weight excluding hydrogens is 364 g/mol. The highest BCUT2D eigenvalue weighted by Crippen LogP contribution is 2.52. The van der Waals surface area contributed by atoms with E-state index in [9.17, 15) is 0 Å². The van der Waals surface area contributed by atoms with E-state index in [1.807, 2.05) is 24.3 Å². The first kappa shape index (κ1) is 16.9. The zero-order valence-corrected chi connectivity index (χ0v) is 15.6. The average molecular weight is 386 g/mol. The number of anilines is 8. The van der Waals surface area contributed by atoms with Crippen LogP contribution in [0.15, 0.2) is 24.3 Å². The van der Waals surface area contributed by atoms with Crippen LogP contribution in [0, 0.1) is 0 Å². The molecule has 0 unspecified atom stereocenters. The fourth-order valence-electron chi connectivity index (χ4n) is 4.59. The molecule has 0 spiro atoms. The van der Waals surface area contributed by atoms with Crippen molar-refractivity contribution in [2.75, 3.05) is 45.9 Å². The van der Waals surface area contributed by atoms with E-state index in [4.69, 9.17) is 45.9 Å². The summed E-state index contributed by atoms with van der Waals surface area (Å²) in [6.45, 7) is 0. The lowest BCUT2D eigenvalue weighted by atomic mass is 9.90. The molecule has 0 amide bonds. The first-order chi connectivity index (χ1) is 13.7. The van der Waals surface area contributed by atoms with Crippen molar-refractivity contribution in [1.29, 1.82) is 0 Å². The number of rotatable bonds is 0. The van der Waals surface area contributed by atoms with E-state index < -0.39 is 0 Å². The molecule has 0 saturated carbocycles. The summed E-state index contributed by atoms with van der Waals surface area (Å²) < 4.78 is 0. The Bertz CT molecular complexity index is 1300. The monoisotopic (exact) mass is 386 g/mol. The van der Waals surface area contributed by atoms with Crippen LogP contribution in [0.5, 0.6) is 0 Å². The Hall–Kier alpha value is -4.20. The van der Waals surface area contributed by atoms with Gasteiger partial charge < -0.3 is 45.9 Å². The minimum absolute atomic E-state index is 0.306. The second kappa shape index (κ2) is 5.20. The zero-order valence-electron chi connectivity index (χ0n) is 15.6. The normalized spacial score (nSPS) is 12.4. The van der Waals surface area contributed by atoms with Crippen molar-refractivity contribution in [3.05, 3.63) is 35.4 Å². The van der Waals surface area contributed by atoms with Crippen molar-refractivity contribution >= 4 is 67.0 Å². The molecular formula is C21H22N8. The Balaban J connectivity index is 2.13. The highest BCUT2D eigenvalue weighted by atomic mass is 14.8. The van der Waals surface area contributed by atoms with Gasteiger partial charge in [-0.1, -0.05) is 12.1 Å². The molecule has 0 aliphatic heterocycles. The lowest BCUT2D eigenvalue weighted by Crippen LogP contribution is -2.09. The maximum absolute atomic E-state index is 6.43. The lowest BCUT2D eigenvalue weighted by molar-refractivity contribution is 1.25. The van der Waals surface area contributed by atoms with E-state index in [-0.39, 0.29) is 0 Å². The van der Waals surface area contributed by atoms with Crippen LogP contribution >= 0.6 is 0 Å². The molecule has 1 aliphatic rings. The van der Waals surface area contributed by atoms with Gasteiger partial charge in [0.15, 0.2) is 0 Å². The lowest BCUT2D eigenvalue weighted by Gasteiger charge is -2.18. The molecule has 8 heteroatoms. The van der Waals surface area contributed by atoms with Gasteiger partial charge in [0, 0.05) is 28.6 Å². The van der Waals surface area contributed by atoms with Crippen LogP contribution in [-0.4, -0.2) is 0 Å². The Morgan fingerprint density at radius 1 is 0.414 bits per heavy atom. The molecule has 0 radical (unpaired) electrons. The van der Waals surface area contributed by atoms with E-state index >= 15 is 0 Å². The predicted molar refractivity (Wildman–Crippen MR) is 125 cm³/mol. The van der Waals surface area contributed by atoms with E-state index in [2.05, 4.69) is 0 Å². The molecule has 8 nitrogen and oxygen atoms in total. The van der Waals surface area contributed by atoms with E-state index in [0.717, 1.165) is 33.0 Å². The first-order valence-corrected chi connectivity index (χ1v) is 9.09. The topological polar surface area (TPSA) is 208 Å². The van der Waals surface area contributed by atoms with Crippen LogP contribution < -0.4 is 45.9 Å². The summed E-state index contributed by atoms with van der Waals surface area (Å²) in [4.78, 5) is 0. The number of nitrogen functional groups attached to an aromatic ring is 8. The Labute approximate surface area is 166 Å². The quantitative estimate of drug-likeness (QED) is 0.184. The van der Waals surface area contributed by atoms with Crippen molar-refractivity contribution in [2.24, 2.45) is 0 Å². The summed E-state index contributed by atoms with van der Waals surface area (Å²) in [6, 6.07) is 7.51. The molecule has 0 atom stereocenters. The van der Waals surface area contributed by atoms with Gasteiger partial charge >= 0.3 is 0 Å². The summed E-state index contributed by atoms with van der Waals surface area (Å²) >= 11 is 0. The standard InChI is InChI=1S/C21H22N8/c22-10-3-1-6-7-2-4-11(23)15-13(7)9(17(25)21(29)19(15)27)5-8-12(6)14(10)18(26)20(28)16(8)24/h1-4H,5,22-29H2. The summed E-state index contributed by atoms with van der Waals surface area (Å²) in [5, 5.41) is 3.07. The number of nitrogens with two attached hydrogens (primary N) is 8. The van der Waals surface area contributed by atoms with Crippen LogP contribution in [-0.2, 0) is 6.42 Å². The second-order valence-corrected chi connectivity index (χ2v) is 7.52. The fourth-order valence-corrected chi connectivity index (χ4v) is 4.59. The third-order valence-electron chi connectivity index (χ3n) is 6.07. The maximum atomic E-state index is 6.43. The molecule has 0 heterocycles. The molecule has 4 aromatic rings. The van der Waals surface area contributed by atoms with Crippen molar-refractivity contribution < 1.29 is 0 Å². The minimum Gasteiger partial charge on any atom is -0.398 e. The van der Waals surface area contributed by atoms with Gasteiger partial charge in [0.2, 0.25) is 0 Å². The third kappa shape index (κ3) is 1.87. The van der Waals surface area contributed by atoms with Crippen molar-refractivity contribution in [2.45, 2.75) is 6.42 Å². The number of hydrogen-bond donors (Lipinski definition) is 8. The minimum atomic E-state index is 0.306. The number of hydrogen-bond acceptors (Lipinski definition) is 8. The number of fused-ring (bicyclic) bond motifs is 1. The van der Waals surface area contributed by atoms with Crippen molar-refractivity contribution in [3.63, 3.8) is 0 Å². The molecule has 5 rings (SSSR count). The van der Waals surface area contributed by atoms with Crippen molar-refractivity contribution in [1.82, 2.24) is 0 Å². The van der Waals surface area contributed by atoms with Gasteiger partial charge in [-0.05, 0) is 45.2 Å². The van der Waals surface area contributed by atoms with E-state index in [1.165, 1.54) is 0 Å². The van der Waals surface area contributed by atoms with Gasteiger partial charge in [0.05, 0.1) is 34.1 Å². The van der Waals surface area contributed by atoms with Crippen LogP contribution in [0.2, 0.25) is 0 Å². The van der Waals surface area contributed by atoms with Gasteiger partial charge in [-0.2, -0.15) is 0 Å². The maximum Gasteiger partial charge on any atom is 0.0791 e. The van der Waals surface area contributed by atoms with Crippen LogP contribution in [0.4, 0.5) is 45.5 Å². The molecule has 4 aromatic carbocycles. The first-order valence-electron chi connectivity index (χ1n) is 9.09. The highest BCUT2D eigenvalue weighted by Gasteiger charge is 2.27. The molecule has 0 fully saturated rings. The van der Waals surface area contributed by atoms with E-state index in [0.29, 0.717) is 62.7 Å². The molecule has 0 aromatic heterocycles. The van der Waals surface area contributed by atoms with Gasteiger partial charge in [-0.25, -0.2) is 0 Å². The van der Waals surface area contributed by atoms with Gasteiger partial charge in [-0.3, -0.25) is 0 Å². The Morgan fingerprint density at radius 2 is 0.793 bits per heavy atom. The SMILES string of the molecule is Nc1c(N)c2c3c(ccc(N)c3c1N)-c1ccc(N)c3c(N)c(N)c(N)c(c13)C2. The molecule has 0 saturated heterocycles. The Kier molecular flexibility index (Phi) is 3.03. The second-order valence-electron chi connectivity index (χ2n) is 7.52. The molecule has 1 aliphatic carbocycles. The zero-order chi connectivity index (χ0) is 20.8. The third-order valence-corrected chi connectivity index (χ3v) is 6.07. The highest BCUT2D eigenvalue weighted by molar-refractivity contribution is 6.23. The van der Waals surface area contributed by atoms with Crippen molar-refractivity contribution in [3.8, 4) is 11.1 Å². The Morgan fingerprint density at radius 3 is 1.17 bits per heavy atom. The fraction of sp³-hybridized carbons (Fsp3) is 0.0476. The molecule has 0 bridgehead atoms. The summed E-state index contributed by atoms with van der Waals surface area (Å²) in [5.41, 5.74) is 57.2. The van der Waals surface area contributed by atoms with Gasteiger partial charge in [0.25, 0.3) is 0 Å². The average Bonchev–Trinajstić information content (AvgIpc) is 2.84. The predicted octanol–water partition coefficient (Wildman–Crippen LogP) is 2.22. The molecule has 146 valence electrons. The number of benzene rings is 4. The van der Waals surface area contributed by atoms with Crippen LogP contribution in [0.1, 0.15) is 11.1 Å². The van der Waals surface area contributed by atoms with E-state index in [1.54, 1.807) is 0 Å². The summed E-state index contributed by atoms with van der Waals surface area (Å²) in [6.07, 6.45) is 0.395. The van der Waals surface area contributed by atoms with Crippen LogP contribution in [0.3, 0.4) is 0 Å². The smallest absolute Gasteiger partial charge is 0.0791 e. The van der Waals surface area contributed by atoms with Gasteiger partial charge in [0.1, 0.15) is 0 Å². The molecule has 29 heavy (non-hydrogen) atoms. The summed E-state index contributed by atoms with van der Waals surface area (Å²) in [7, 11) is 0. The van der Waals surface area contributed by atoms with Gasteiger partial charge in [-0.15, -0.1) is 0 Å². The largest absolute Gasteiger partial charge is 0.398 e. The summed E-state index contributed by atoms with van der Waals surface area (Å²) in [5.74, 6) is 0. The molecule has 16 N–H and O–H groups in total. The van der Waals surface area contributed by atoms with Crippen LogP contribution in [0.25, 0.3) is 32.7 Å².